The number of morpholine rings is 1. The number of hydrogen-bond donors (Lipinski definition) is 0. The number of ether oxygens (including phenoxy) is 3. The topological polar surface area (TPSA) is 30.9 Å². The van der Waals surface area contributed by atoms with Gasteiger partial charge in [0.2, 0.25) is 0 Å². The molecule has 1 aliphatic heterocycles. The van der Waals surface area contributed by atoms with Crippen LogP contribution in [0.2, 0.25) is 5.02 Å². The zero-order valence-corrected chi connectivity index (χ0v) is 11.8. The lowest BCUT2D eigenvalue weighted by Crippen LogP contribution is -2.38. The molecule has 5 heteroatoms. The highest BCUT2D eigenvalue weighted by molar-refractivity contribution is 6.30. The Bertz CT molecular complexity index is 352. The molecule has 0 radical (unpaired) electrons. The zero-order chi connectivity index (χ0) is 13.3. The Morgan fingerprint density at radius 2 is 1.79 bits per heavy atom. The van der Waals surface area contributed by atoms with E-state index < -0.39 is 0 Å². The van der Waals surface area contributed by atoms with Gasteiger partial charge in [-0.3, -0.25) is 4.90 Å². The molecule has 0 bridgehead atoms. The predicted octanol–water partition coefficient (Wildman–Crippen LogP) is 2.07. The molecule has 1 saturated heterocycles. The first kappa shape index (κ1) is 14.6. The van der Waals surface area contributed by atoms with Crippen molar-refractivity contribution in [3.8, 4) is 5.75 Å². The summed E-state index contributed by atoms with van der Waals surface area (Å²) in [5, 5.41) is 0.717. The van der Waals surface area contributed by atoms with Crippen molar-refractivity contribution in [2.75, 3.05) is 52.7 Å². The molecule has 0 atom stereocenters. The van der Waals surface area contributed by atoms with Crippen LogP contribution in [0.4, 0.5) is 0 Å². The minimum absolute atomic E-state index is 0.560. The molecule has 0 saturated carbocycles. The first-order valence-corrected chi connectivity index (χ1v) is 6.98. The molecule has 0 aliphatic carbocycles. The van der Waals surface area contributed by atoms with E-state index in [1.54, 1.807) is 0 Å². The monoisotopic (exact) mass is 285 g/mol. The van der Waals surface area contributed by atoms with Crippen molar-refractivity contribution < 1.29 is 14.2 Å². The van der Waals surface area contributed by atoms with Crippen LogP contribution in [0.15, 0.2) is 24.3 Å². The lowest BCUT2D eigenvalue weighted by atomic mass is 10.3. The van der Waals surface area contributed by atoms with Crippen LogP contribution in [0.1, 0.15) is 0 Å². The highest BCUT2D eigenvalue weighted by atomic mass is 35.5. The maximum atomic E-state index is 5.79. The maximum absolute atomic E-state index is 5.79. The average molecular weight is 286 g/mol. The summed E-state index contributed by atoms with van der Waals surface area (Å²) in [5.74, 6) is 0.821. The second-order valence-corrected chi connectivity index (χ2v) is 4.81. The molecule has 0 unspecified atom stereocenters. The Hall–Kier alpha value is -0.810. The van der Waals surface area contributed by atoms with Gasteiger partial charge < -0.3 is 14.2 Å². The van der Waals surface area contributed by atoms with Crippen LogP contribution < -0.4 is 4.74 Å². The van der Waals surface area contributed by atoms with E-state index in [1.165, 1.54) is 0 Å². The Labute approximate surface area is 119 Å². The molecule has 1 fully saturated rings. The summed E-state index contributed by atoms with van der Waals surface area (Å²) < 4.78 is 16.4. The summed E-state index contributed by atoms with van der Waals surface area (Å²) in [6.07, 6.45) is 0. The van der Waals surface area contributed by atoms with Gasteiger partial charge in [-0.25, -0.2) is 0 Å². The molecule has 0 amide bonds. The zero-order valence-electron chi connectivity index (χ0n) is 11.0. The summed E-state index contributed by atoms with van der Waals surface area (Å²) in [7, 11) is 0. The smallest absolute Gasteiger partial charge is 0.119 e. The third-order valence-electron chi connectivity index (χ3n) is 2.97. The average Bonchev–Trinajstić information content (AvgIpc) is 2.46. The van der Waals surface area contributed by atoms with E-state index in [2.05, 4.69) is 4.90 Å². The van der Waals surface area contributed by atoms with E-state index in [1.807, 2.05) is 24.3 Å². The molecular formula is C14H20ClNO3. The molecule has 1 aliphatic rings. The van der Waals surface area contributed by atoms with Crippen LogP contribution >= 0.6 is 11.6 Å². The Morgan fingerprint density at radius 1 is 1.05 bits per heavy atom. The molecule has 0 aromatic heterocycles. The first-order chi connectivity index (χ1) is 9.34. The highest BCUT2D eigenvalue weighted by Gasteiger charge is 2.09. The van der Waals surface area contributed by atoms with Crippen molar-refractivity contribution in [2.24, 2.45) is 0 Å². The van der Waals surface area contributed by atoms with E-state index >= 15 is 0 Å². The van der Waals surface area contributed by atoms with Crippen molar-refractivity contribution in [1.82, 2.24) is 4.90 Å². The van der Waals surface area contributed by atoms with Gasteiger partial charge in [0, 0.05) is 24.7 Å². The molecule has 106 valence electrons. The van der Waals surface area contributed by atoms with Gasteiger partial charge in [-0.15, -0.1) is 0 Å². The summed E-state index contributed by atoms with van der Waals surface area (Å²) >= 11 is 5.79. The minimum atomic E-state index is 0.560. The predicted molar refractivity (Wildman–Crippen MR) is 75.0 cm³/mol. The fraction of sp³-hybridized carbons (Fsp3) is 0.571. The Morgan fingerprint density at radius 3 is 2.53 bits per heavy atom. The first-order valence-electron chi connectivity index (χ1n) is 6.61. The van der Waals surface area contributed by atoms with Crippen molar-refractivity contribution in [1.29, 1.82) is 0 Å². The van der Waals surface area contributed by atoms with E-state index in [0.717, 1.165) is 45.2 Å². The number of benzene rings is 1. The summed E-state index contributed by atoms with van der Waals surface area (Å²) in [6, 6.07) is 7.35. The SMILES string of the molecule is Clc1ccc(OCCOCCN2CCOCC2)cc1. The third-order valence-corrected chi connectivity index (χ3v) is 3.22. The minimum Gasteiger partial charge on any atom is -0.491 e. The van der Waals surface area contributed by atoms with Crippen molar-refractivity contribution in [3.05, 3.63) is 29.3 Å². The quantitative estimate of drug-likeness (QED) is 0.718. The van der Waals surface area contributed by atoms with Crippen LogP contribution in [0, 0.1) is 0 Å². The molecule has 1 aromatic carbocycles. The molecule has 4 nitrogen and oxygen atoms in total. The molecule has 0 N–H and O–H groups in total. The van der Waals surface area contributed by atoms with Crippen molar-refractivity contribution in [2.45, 2.75) is 0 Å². The van der Waals surface area contributed by atoms with Gasteiger partial charge in [-0.05, 0) is 24.3 Å². The van der Waals surface area contributed by atoms with Crippen molar-refractivity contribution >= 4 is 11.6 Å². The van der Waals surface area contributed by atoms with Crippen molar-refractivity contribution in [3.63, 3.8) is 0 Å². The largest absolute Gasteiger partial charge is 0.491 e. The third kappa shape index (κ3) is 5.78. The van der Waals surface area contributed by atoms with Crippen LogP contribution in [0.3, 0.4) is 0 Å². The standard InChI is InChI=1S/C14H20ClNO3/c15-13-1-3-14(4-2-13)19-12-11-18-10-7-16-5-8-17-9-6-16/h1-4H,5-12H2. The molecular weight excluding hydrogens is 266 g/mol. The lowest BCUT2D eigenvalue weighted by Gasteiger charge is -2.26. The van der Waals surface area contributed by atoms with E-state index in [-0.39, 0.29) is 0 Å². The fourth-order valence-electron chi connectivity index (χ4n) is 1.87. The Balaban J connectivity index is 1.49. The normalized spacial score (nSPS) is 16.5. The second kappa shape index (κ2) is 8.38. The van der Waals surface area contributed by atoms with Gasteiger partial charge in [0.05, 0.1) is 26.4 Å². The second-order valence-electron chi connectivity index (χ2n) is 4.37. The number of rotatable bonds is 7. The Kier molecular flexibility index (Phi) is 6.44. The van der Waals surface area contributed by atoms with Gasteiger partial charge in [0.1, 0.15) is 12.4 Å². The summed E-state index contributed by atoms with van der Waals surface area (Å²) in [4.78, 5) is 2.35. The maximum Gasteiger partial charge on any atom is 0.119 e. The van der Waals surface area contributed by atoms with Gasteiger partial charge >= 0.3 is 0 Å². The van der Waals surface area contributed by atoms with Crippen LogP contribution in [0.25, 0.3) is 0 Å². The molecule has 1 aromatic rings. The molecule has 1 heterocycles. The van der Waals surface area contributed by atoms with Gasteiger partial charge in [0.15, 0.2) is 0 Å². The summed E-state index contributed by atoms with van der Waals surface area (Å²) in [6.45, 7) is 6.54. The molecule has 2 rings (SSSR count). The highest BCUT2D eigenvalue weighted by Crippen LogP contribution is 2.15. The number of nitrogens with zero attached hydrogens (tertiary/aromatic N) is 1. The lowest BCUT2D eigenvalue weighted by molar-refractivity contribution is 0.0170. The van der Waals surface area contributed by atoms with E-state index in [4.69, 9.17) is 25.8 Å². The van der Waals surface area contributed by atoms with Crippen LogP contribution in [-0.2, 0) is 9.47 Å². The number of hydrogen-bond acceptors (Lipinski definition) is 4. The van der Waals surface area contributed by atoms with Crippen LogP contribution in [-0.4, -0.2) is 57.6 Å². The fourth-order valence-corrected chi connectivity index (χ4v) is 2.00. The van der Waals surface area contributed by atoms with Crippen LogP contribution in [0.5, 0.6) is 5.75 Å². The molecule has 19 heavy (non-hydrogen) atoms. The molecule has 0 spiro atoms. The van der Waals surface area contributed by atoms with Gasteiger partial charge in [0.25, 0.3) is 0 Å². The van der Waals surface area contributed by atoms with Gasteiger partial charge in [-0.2, -0.15) is 0 Å². The van der Waals surface area contributed by atoms with Gasteiger partial charge in [-0.1, -0.05) is 11.6 Å². The van der Waals surface area contributed by atoms with E-state index in [0.29, 0.717) is 18.2 Å². The number of halogens is 1. The summed E-state index contributed by atoms with van der Waals surface area (Å²) in [5.41, 5.74) is 0. The van der Waals surface area contributed by atoms with E-state index in [9.17, 15) is 0 Å².